The van der Waals surface area contributed by atoms with E-state index in [1.807, 2.05) is 19.1 Å². The van der Waals surface area contributed by atoms with E-state index >= 15 is 0 Å². The Morgan fingerprint density at radius 3 is 2.48 bits per heavy atom. The number of halogens is 1. The lowest BCUT2D eigenvalue weighted by Crippen LogP contribution is -2.22. The normalized spacial score (nSPS) is 10.0. The molecule has 2 N–H and O–H groups in total. The van der Waals surface area contributed by atoms with Crippen molar-refractivity contribution in [3.05, 3.63) is 54.3 Å². The molecule has 0 saturated heterocycles. The molecule has 0 aliphatic carbocycles. The lowest BCUT2D eigenvalue weighted by Gasteiger charge is -2.12. The highest BCUT2D eigenvalue weighted by Crippen LogP contribution is 2.23. The molecule has 21 heavy (non-hydrogen) atoms. The van der Waals surface area contributed by atoms with E-state index in [0.717, 1.165) is 0 Å². The maximum atomic E-state index is 13.4. The van der Waals surface area contributed by atoms with Gasteiger partial charge in [0.15, 0.2) is 0 Å². The molecule has 2 aromatic rings. The molecule has 0 unspecified atom stereocenters. The Morgan fingerprint density at radius 2 is 1.76 bits per heavy atom. The molecule has 110 valence electrons. The van der Waals surface area contributed by atoms with Gasteiger partial charge in [0, 0.05) is 0 Å². The summed E-state index contributed by atoms with van der Waals surface area (Å²) in [7, 11) is 0. The second-order valence-corrected chi connectivity index (χ2v) is 4.31. The molecule has 0 aromatic heterocycles. The van der Waals surface area contributed by atoms with Crippen LogP contribution in [0.1, 0.15) is 6.92 Å². The van der Waals surface area contributed by atoms with Crippen LogP contribution >= 0.6 is 0 Å². The molecule has 0 aliphatic rings. The molecular formula is C16H17FN2O2. The molecule has 0 aliphatic heterocycles. The van der Waals surface area contributed by atoms with E-state index in [1.165, 1.54) is 6.07 Å². The van der Waals surface area contributed by atoms with Gasteiger partial charge in [0.1, 0.15) is 11.6 Å². The highest BCUT2D eigenvalue weighted by molar-refractivity contribution is 5.95. The van der Waals surface area contributed by atoms with Crippen molar-refractivity contribution in [2.24, 2.45) is 0 Å². The molecule has 0 radical (unpaired) electrons. The number of carbonyl (C=O) groups is 1. The maximum Gasteiger partial charge on any atom is 0.243 e. The predicted molar refractivity (Wildman–Crippen MR) is 81.1 cm³/mol. The van der Waals surface area contributed by atoms with Gasteiger partial charge in [-0.3, -0.25) is 4.79 Å². The monoisotopic (exact) mass is 288 g/mol. The maximum absolute atomic E-state index is 13.4. The summed E-state index contributed by atoms with van der Waals surface area (Å²) in [5, 5.41) is 5.49. The van der Waals surface area contributed by atoms with Gasteiger partial charge in [-0.1, -0.05) is 24.3 Å². The van der Waals surface area contributed by atoms with Crippen LogP contribution in [0.25, 0.3) is 0 Å². The number of nitrogens with one attached hydrogen (secondary N) is 2. The van der Waals surface area contributed by atoms with E-state index in [2.05, 4.69) is 10.6 Å². The Kier molecular flexibility index (Phi) is 5.15. The third-order valence-electron chi connectivity index (χ3n) is 2.77. The first-order valence-corrected chi connectivity index (χ1v) is 6.70. The Morgan fingerprint density at radius 1 is 1.10 bits per heavy atom. The first kappa shape index (κ1) is 14.8. The largest absolute Gasteiger partial charge is 0.492 e. The number of amides is 1. The van der Waals surface area contributed by atoms with Crippen LogP contribution in [-0.4, -0.2) is 19.1 Å². The smallest absolute Gasteiger partial charge is 0.243 e. The average Bonchev–Trinajstić information content (AvgIpc) is 2.49. The molecular weight excluding hydrogens is 271 g/mol. The number of hydrogen-bond acceptors (Lipinski definition) is 3. The molecule has 0 saturated carbocycles. The summed E-state index contributed by atoms with van der Waals surface area (Å²) in [4.78, 5) is 11.9. The van der Waals surface area contributed by atoms with Gasteiger partial charge in [-0.25, -0.2) is 4.39 Å². The summed E-state index contributed by atoms with van der Waals surface area (Å²) in [5.41, 5.74) is 0.894. The fourth-order valence-electron chi connectivity index (χ4n) is 1.83. The van der Waals surface area contributed by atoms with Gasteiger partial charge < -0.3 is 15.4 Å². The van der Waals surface area contributed by atoms with Crippen molar-refractivity contribution in [1.82, 2.24) is 0 Å². The fraction of sp³-hybridized carbons (Fsp3) is 0.188. The molecule has 0 fully saturated rings. The molecule has 0 bridgehead atoms. The SMILES string of the molecule is CCOc1ccccc1NC(=O)CNc1ccccc1F. The lowest BCUT2D eigenvalue weighted by molar-refractivity contribution is -0.114. The van der Waals surface area contributed by atoms with Crippen LogP contribution in [0.3, 0.4) is 0 Å². The van der Waals surface area contributed by atoms with E-state index in [4.69, 9.17) is 4.74 Å². The number of hydrogen-bond donors (Lipinski definition) is 2. The summed E-state index contributed by atoms with van der Waals surface area (Å²) in [6, 6.07) is 13.4. The number of carbonyl (C=O) groups excluding carboxylic acids is 1. The first-order valence-electron chi connectivity index (χ1n) is 6.70. The van der Waals surface area contributed by atoms with Crippen molar-refractivity contribution in [3.8, 4) is 5.75 Å². The van der Waals surface area contributed by atoms with Crippen molar-refractivity contribution in [2.45, 2.75) is 6.92 Å². The molecule has 4 nitrogen and oxygen atoms in total. The fourth-order valence-corrected chi connectivity index (χ4v) is 1.83. The summed E-state index contributed by atoms with van der Waals surface area (Å²) in [6.45, 7) is 2.36. The summed E-state index contributed by atoms with van der Waals surface area (Å²) in [6.07, 6.45) is 0. The molecule has 0 atom stereocenters. The van der Waals surface area contributed by atoms with Gasteiger partial charge >= 0.3 is 0 Å². The number of para-hydroxylation sites is 3. The number of ether oxygens (including phenoxy) is 1. The number of rotatable bonds is 6. The standard InChI is InChI=1S/C16H17FN2O2/c1-2-21-15-10-6-5-9-14(15)19-16(20)11-18-13-8-4-3-7-12(13)17/h3-10,18H,2,11H2,1H3,(H,19,20). The lowest BCUT2D eigenvalue weighted by atomic mass is 10.3. The Hall–Kier alpha value is -2.56. The second kappa shape index (κ2) is 7.28. The van der Waals surface area contributed by atoms with Crippen LogP contribution in [0.4, 0.5) is 15.8 Å². The minimum atomic E-state index is -0.389. The third kappa shape index (κ3) is 4.21. The van der Waals surface area contributed by atoms with E-state index in [0.29, 0.717) is 23.7 Å². The van der Waals surface area contributed by atoms with Crippen LogP contribution in [0, 0.1) is 5.82 Å². The Balaban J connectivity index is 1.95. The molecule has 2 rings (SSSR count). The summed E-state index contributed by atoms with van der Waals surface area (Å²) >= 11 is 0. The minimum absolute atomic E-state index is 0.0264. The van der Waals surface area contributed by atoms with Gasteiger partial charge in [0.25, 0.3) is 0 Å². The molecule has 0 spiro atoms. The average molecular weight is 288 g/mol. The quantitative estimate of drug-likeness (QED) is 0.857. The van der Waals surface area contributed by atoms with Crippen LogP contribution in [0.2, 0.25) is 0 Å². The molecule has 2 aromatic carbocycles. The van der Waals surface area contributed by atoms with Gasteiger partial charge in [-0.2, -0.15) is 0 Å². The topological polar surface area (TPSA) is 50.4 Å². The van der Waals surface area contributed by atoms with E-state index < -0.39 is 0 Å². The van der Waals surface area contributed by atoms with Crippen molar-refractivity contribution < 1.29 is 13.9 Å². The highest BCUT2D eigenvalue weighted by atomic mass is 19.1. The Bertz CT molecular complexity index is 617. The summed E-state index contributed by atoms with van der Waals surface area (Å²) in [5.74, 6) is -0.0512. The van der Waals surface area contributed by atoms with Gasteiger partial charge in [-0.05, 0) is 31.2 Å². The van der Waals surface area contributed by atoms with Gasteiger partial charge in [0.05, 0.1) is 24.5 Å². The third-order valence-corrected chi connectivity index (χ3v) is 2.77. The highest BCUT2D eigenvalue weighted by Gasteiger charge is 2.08. The van der Waals surface area contributed by atoms with Crippen LogP contribution < -0.4 is 15.4 Å². The Labute approximate surface area is 122 Å². The van der Waals surface area contributed by atoms with Crippen molar-refractivity contribution in [1.29, 1.82) is 0 Å². The molecule has 5 heteroatoms. The zero-order chi connectivity index (χ0) is 15.1. The predicted octanol–water partition coefficient (Wildman–Crippen LogP) is 3.28. The van der Waals surface area contributed by atoms with Crippen molar-refractivity contribution in [3.63, 3.8) is 0 Å². The van der Waals surface area contributed by atoms with Crippen molar-refractivity contribution >= 4 is 17.3 Å². The zero-order valence-electron chi connectivity index (χ0n) is 11.7. The zero-order valence-corrected chi connectivity index (χ0v) is 11.7. The van der Waals surface area contributed by atoms with Crippen molar-refractivity contribution in [2.75, 3.05) is 23.8 Å². The van der Waals surface area contributed by atoms with Gasteiger partial charge in [0.2, 0.25) is 5.91 Å². The number of anilines is 2. The van der Waals surface area contributed by atoms with E-state index in [-0.39, 0.29) is 18.3 Å². The second-order valence-electron chi connectivity index (χ2n) is 4.31. The van der Waals surface area contributed by atoms with Gasteiger partial charge in [-0.15, -0.1) is 0 Å². The van der Waals surface area contributed by atoms with Crippen LogP contribution in [-0.2, 0) is 4.79 Å². The summed E-state index contributed by atoms with van der Waals surface area (Å²) < 4.78 is 18.8. The van der Waals surface area contributed by atoms with Crippen LogP contribution in [0.15, 0.2) is 48.5 Å². The van der Waals surface area contributed by atoms with E-state index in [9.17, 15) is 9.18 Å². The molecule has 0 heterocycles. The molecule has 1 amide bonds. The number of benzene rings is 2. The van der Waals surface area contributed by atoms with Crippen LogP contribution in [0.5, 0.6) is 5.75 Å². The van der Waals surface area contributed by atoms with E-state index in [1.54, 1.807) is 30.3 Å². The minimum Gasteiger partial charge on any atom is -0.492 e. The first-order chi connectivity index (χ1) is 10.2.